The number of ether oxygens (including phenoxy) is 1. The molecule has 1 amide bonds. The van der Waals surface area contributed by atoms with E-state index in [0.717, 1.165) is 6.07 Å². The molecule has 0 fully saturated rings. The summed E-state index contributed by atoms with van der Waals surface area (Å²) in [6.07, 6.45) is 0. The Kier molecular flexibility index (Phi) is 8.05. The van der Waals surface area contributed by atoms with Gasteiger partial charge in [0.1, 0.15) is 5.75 Å². The van der Waals surface area contributed by atoms with Crippen LogP contribution in [0.3, 0.4) is 0 Å². The van der Waals surface area contributed by atoms with Crippen LogP contribution in [0.2, 0.25) is 0 Å². The number of nitrogens with one attached hydrogen (secondary N) is 2. The molecule has 0 radical (unpaired) electrons. The molecule has 184 valence electrons. The van der Waals surface area contributed by atoms with Crippen molar-refractivity contribution in [3.05, 3.63) is 82.4 Å². The summed E-state index contributed by atoms with van der Waals surface area (Å²) in [6, 6.07) is 16.8. The summed E-state index contributed by atoms with van der Waals surface area (Å²) in [5.41, 5.74) is 0.225. The Morgan fingerprint density at radius 3 is 2.29 bits per heavy atom. The molecule has 0 aliphatic carbocycles. The Morgan fingerprint density at radius 1 is 1.00 bits per heavy atom. The van der Waals surface area contributed by atoms with Crippen LogP contribution in [0.15, 0.2) is 71.6 Å². The van der Waals surface area contributed by atoms with Crippen LogP contribution in [0, 0.1) is 10.1 Å². The zero-order valence-electron chi connectivity index (χ0n) is 19.5. The van der Waals surface area contributed by atoms with E-state index in [2.05, 4.69) is 10.6 Å². The van der Waals surface area contributed by atoms with Crippen molar-refractivity contribution in [2.45, 2.75) is 18.7 Å². The van der Waals surface area contributed by atoms with Crippen LogP contribution < -0.4 is 15.4 Å². The summed E-state index contributed by atoms with van der Waals surface area (Å²) in [5.74, 6) is 0.0152. The molecule has 0 unspecified atom stereocenters. The number of benzene rings is 3. The molecule has 3 rings (SSSR count). The van der Waals surface area contributed by atoms with Crippen molar-refractivity contribution in [2.75, 3.05) is 30.8 Å². The molecule has 0 atom stereocenters. The maximum atomic E-state index is 13.2. The highest BCUT2D eigenvalue weighted by molar-refractivity contribution is 7.89. The van der Waals surface area contributed by atoms with Gasteiger partial charge in [-0.2, -0.15) is 4.31 Å². The van der Waals surface area contributed by atoms with Crippen LogP contribution in [0.4, 0.5) is 17.1 Å². The monoisotopic (exact) mass is 498 g/mol. The summed E-state index contributed by atoms with van der Waals surface area (Å²) in [7, 11) is -2.24. The number of hydrogen-bond donors (Lipinski definition) is 2. The molecule has 0 aliphatic rings. The number of para-hydroxylation sites is 1. The van der Waals surface area contributed by atoms with Gasteiger partial charge in [0.05, 0.1) is 21.1 Å². The molecule has 35 heavy (non-hydrogen) atoms. The number of amides is 1. The van der Waals surface area contributed by atoms with E-state index < -0.39 is 20.9 Å². The number of sulfonamides is 1. The van der Waals surface area contributed by atoms with Gasteiger partial charge >= 0.3 is 0 Å². The first-order valence-electron chi connectivity index (χ1n) is 10.9. The highest BCUT2D eigenvalue weighted by Crippen LogP contribution is 2.34. The molecule has 3 aromatic carbocycles. The number of nitro groups is 1. The Morgan fingerprint density at radius 2 is 1.69 bits per heavy atom. The summed E-state index contributed by atoms with van der Waals surface area (Å²) in [5, 5.41) is 16.7. The topological polar surface area (TPSA) is 131 Å². The second-order valence-corrected chi connectivity index (χ2v) is 9.29. The van der Waals surface area contributed by atoms with E-state index in [-0.39, 0.29) is 40.7 Å². The maximum Gasteiger partial charge on any atom is 0.270 e. The minimum absolute atomic E-state index is 0.0179. The minimum atomic E-state index is -3.82. The molecule has 0 aromatic heterocycles. The van der Waals surface area contributed by atoms with Crippen LogP contribution >= 0.6 is 0 Å². The van der Waals surface area contributed by atoms with E-state index >= 15 is 0 Å². The Bertz CT molecular complexity index is 1330. The number of anilines is 2. The van der Waals surface area contributed by atoms with E-state index in [4.69, 9.17) is 4.74 Å². The SMILES string of the molecule is CCN(CC)S(=O)(=O)c1ccc(Oc2ccccc2)c(NC(=O)c2cc([N+](=O)[O-])ccc2NC)c1. The van der Waals surface area contributed by atoms with Gasteiger partial charge < -0.3 is 15.4 Å². The van der Waals surface area contributed by atoms with Gasteiger partial charge in [0.15, 0.2) is 5.75 Å². The van der Waals surface area contributed by atoms with Crippen molar-refractivity contribution in [1.29, 1.82) is 0 Å². The van der Waals surface area contributed by atoms with Gasteiger partial charge in [-0.15, -0.1) is 0 Å². The van der Waals surface area contributed by atoms with Crippen LogP contribution in [0.1, 0.15) is 24.2 Å². The number of carbonyl (C=O) groups is 1. The average Bonchev–Trinajstić information content (AvgIpc) is 2.85. The number of nitro benzene ring substituents is 1. The molecule has 0 aliphatic heterocycles. The quantitative estimate of drug-likeness (QED) is 0.306. The number of nitrogens with zero attached hydrogens (tertiary/aromatic N) is 2. The lowest BCUT2D eigenvalue weighted by Gasteiger charge is -2.20. The van der Waals surface area contributed by atoms with Crippen molar-refractivity contribution >= 4 is 33.0 Å². The summed E-state index contributed by atoms with van der Waals surface area (Å²) >= 11 is 0. The van der Waals surface area contributed by atoms with E-state index in [9.17, 15) is 23.3 Å². The van der Waals surface area contributed by atoms with Crippen LogP contribution in [-0.2, 0) is 10.0 Å². The lowest BCUT2D eigenvalue weighted by Crippen LogP contribution is -2.30. The van der Waals surface area contributed by atoms with Gasteiger partial charge in [0.25, 0.3) is 11.6 Å². The third kappa shape index (κ3) is 5.76. The number of non-ortho nitro benzene ring substituents is 1. The average molecular weight is 499 g/mol. The third-order valence-electron chi connectivity index (χ3n) is 5.24. The molecule has 2 N–H and O–H groups in total. The van der Waals surface area contributed by atoms with Crippen molar-refractivity contribution < 1.29 is 22.9 Å². The number of rotatable bonds is 10. The largest absolute Gasteiger partial charge is 0.455 e. The number of hydrogen-bond acceptors (Lipinski definition) is 7. The van der Waals surface area contributed by atoms with Gasteiger partial charge in [-0.1, -0.05) is 32.0 Å². The predicted molar refractivity (Wildman–Crippen MR) is 134 cm³/mol. The van der Waals surface area contributed by atoms with Crippen LogP contribution in [-0.4, -0.2) is 43.7 Å². The Hall–Kier alpha value is -3.96. The minimum Gasteiger partial charge on any atom is -0.455 e. The van der Waals surface area contributed by atoms with Gasteiger partial charge in [-0.3, -0.25) is 14.9 Å². The van der Waals surface area contributed by atoms with E-state index in [1.807, 2.05) is 6.07 Å². The predicted octanol–water partition coefficient (Wildman–Crippen LogP) is 4.71. The lowest BCUT2D eigenvalue weighted by molar-refractivity contribution is -0.384. The standard InChI is InChI=1S/C24H26N4O6S/c1-4-27(5-2)35(32,33)19-12-14-23(34-18-9-7-6-8-10-18)22(16-19)26-24(29)20-15-17(28(30)31)11-13-21(20)25-3/h6-16,25H,4-5H2,1-3H3,(H,26,29). The fraction of sp³-hybridized carbons (Fsp3) is 0.208. The third-order valence-corrected chi connectivity index (χ3v) is 7.29. The molecule has 0 heterocycles. The zero-order valence-corrected chi connectivity index (χ0v) is 20.3. The van der Waals surface area contributed by atoms with Crippen molar-refractivity contribution in [2.24, 2.45) is 0 Å². The molecular formula is C24H26N4O6S. The normalized spacial score (nSPS) is 11.2. The van der Waals surface area contributed by atoms with E-state index in [1.54, 1.807) is 45.2 Å². The van der Waals surface area contributed by atoms with Crippen LogP contribution in [0.25, 0.3) is 0 Å². The zero-order chi connectivity index (χ0) is 25.6. The Labute approximate surface area is 203 Å². The number of carbonyl (C=O) groups excluding carboxylic acids is 1. The molecule has 11 heteroatoms. The van der Waals surface area contributed by atoms with E-state index in [0.29, 0.717) is 11.4 Å². The molecule has 10 nitrogen and oxygen atoms in total. The summed E-state index contributed by atoms with van der Waals surface area (Å²) in [4.78, 5) is 23.8. The first kappa shape index (κ1) is 25.7. The van der Waals surface area contributed by atoms with Crippen molar-refractivity contribution in [3.8, 4) is 11.5 Å². The highest BCUT2D eigenvalue weighted by Gasteiger charge is 2.24. The van der Waals surface area contributed by atoms with Gasteiger partial charge in [0, 0.05) is 38.0 Å². The molecule has 0 saturated heterocycles. The van der Waals surface area contributed by atoms with Crippen LogP contribution in [0.5, 0.6) is 11.5 Å². The second-order valence-electron chi connectivity index (χ2n) is 7.35. The fourth-order valence-electron chi connectivity index (χ4n) is 3.43. The summed E-state index contributed by atoms with van der Waals surface area (Å²) < 4.78 is 33.4. The van der Waals surface area contributed by atoms with Gasteiger partial charge in [-0.25, -0.2) is 8.42 Å². The molecular weight excluding hydrogens is 472 g/mol. The fourth-order valence-corrected chi connectivity index (χ4v) is 4.91. The Balaban J connectivity index is 2.08. The maximum absolute atomic E-state index is 13.2. The first-order valence-corrected chi connectivity index (χ1v) is 12.3. The van der Waals surface area contributed by atoms with Gasteiger partial charge in [-0.05, 0) is 36.4 Å². The lowest BCUT2D eigenvalue weighted by atomic mass is 10.1. The van der Waals surface area contributed by atoms with E-state index in [1.165, 1.54) is 34.6 Å². The van der Waals surface area contributed by atoms with Crippen molar-refractivity contribution in [1.82, 2.24) is 4.31 Å². The molecule has 0 spiro atoms. The molecule has 3 aromatic rings. The molecule has 0 saturated carbocycles. The van der Waals surface area contributed by atoms with Crippen molar-refractivity contribution in [3.63, 3.8) is 0 Å². The summed E-state index contributed by atoms with van der Waals surface area (Å²) in [6.45, 7) is 4.03. The second kappa shape index (κ2) is 11.0. The highest BCUT2D eigenvalue weighted by atomic mass is 32.2. The molecule has 0 bridgehead atoms. The smallest absolute Gasteiger partial charge is 0.270 e. The van der Waals surface area contributed by atoms with Gasteiger partial charge in [0.2, 0.25) is 10.0 Å². The first-order chi connectivity index (χ1) is 16.7.